The molecule has 2 fully saturated rings. The van der Waals surface area contributed by atoms with Gasteiger partial charge in [-0.1, -0.05) is 12.1 Å². The summed E-state index contributed by atoms with van der Waals surface area (Å²) in [6.45, 7) is 8.59. The Labute approximate surface area is 148 Å². The smallest absolute Gasteiger partial charge is 0.240 e. The largest absolute Gasteiger partial charge is 0.379 e. The lowest BCUT2D eigenvalue weighted by Gasteiger charge is -2.26. The van der Waals surface area contributed by atoms with Crippen LogP contribution in [0.15, 0.2) is 18.2 Å². The molecule has 1 heterocycles. The summed E-state index contributed by atoms with van der Waals surface area (Å²) in [4.78, 5) is 27.5. The van der Waals surface area contributed by atoms with Gasteiger partial charge in [-0.2, -0.15) is 0 Å². The average molecular weight is 345 g/mol. The second kappa shape index (κ2) is 7.54. The Morgan fingerprint density at radius 1 is 1.16 bits per heavy atom. The highest BCUT2D eigenvalue weighted by Crippen LogP contribution is 2.47. The molecule has 0 unspecified atom stereocenters. The number of hydrogen-bond donors (Lipinski definition) is 2. The molecule has 1 saturated heterocycles. The molecule has 1 saturated carbocycles. The number of aryl methyl sites for hydroxylation is 2. The van der Waals surface area contributed by atoms with E-state index < -0.39 is 5.41 Å². The van der Waals surface area contributed by atoms with Crippen molar-refractivity contribution in [3.8, 4) is 0 Å². The highest BCUT2D eigenvalue weighted by Gasteiger charge is 2.56. The van der Waals surface area contributed by atoms with Crippen molar-refractivity contribution in [2.75, 3.05) is 44.7 Å². The first kappa shape index (κ1) is 17.9. The van der Waals surface area contributed by atoms with E-state index in [2.05, 4.69) is 15.5 Å². The SMILES string of the molecule is Cc1ccc(C)c(NC(=O)C2(C(=O)NCCN3CCOCC3)CC2)c1. The van der Waals surface area contributed by atoms with Crippen molar-refractivity contribution < 1.29 is 14.3 Å². The third-order valence-corrected chi connectivity index (χ3v) is 5.08. The summed E-state index contributed by atoms with van der Waals surface area (Å²) in [6.07, 6.45) is 1.24. The molecule has 6 nitrogen and oxygen atoms in total. The maximum atomic E-state index is 12.7. The van der Waals surface area contributed by atoms with Crippen LogP contribution < -0.4 is 10.6 Å². The molecule has 2 N–H and O–H groups in total. The number of carbonyl (C=O) groups excluding carboxylic acids is 2. The fourth-order valence-electron chi connectivity index (χ4n) is 3.12. The van der Waals surface area contributed by atoms with Gasteiger partial charge in [-0.3, -0.25) is 14.5 Å². The second-order valence-corrected chi connectivity index (χ2v) is 7.06. The number of nitrogens with zero attached hydrogens (tertiary/aromatic N) is 1. The topological polar surface area (TPSA) is 70.7 Å². The zero-order chi connectivity index (χ0) is 17.9. The fourth-order valence-corrected chi connectivity index (χ4v) is 3.12. The van der Waals surface area contributed by atoms with E-state index in [0.29, 0.717) is 19.4 Å². The van der Waals surface area contributed by atoms with Gasteiger partial charge < -0.3 is 15.4 Å². The summed E-state index contributed by atoms with van der Waals surface area (Å²) in [5.74, 6) is -0.339. The van der Waals surface area contributed by atoms with Crippen molar-refractivity contribution >= 4 is 17.5 Å². The van der Waals surface area contributed by atoms with E-state index in [1.54, 1.807) is 0 Å². The zero-order valence-corrected chi connectivity index (χ0v) is 15.1. The van der Waals surface area contributed by atoms with Gasteiger partial charge in [-0.05, 0) is 43.9 Å². The minimum atomic E-state index is -0.888. The predicted molar refractivity (Wildman–Crippen MR) is 96.5 cm³/mol. The lowest BCUT2D eigenvalue weighted by molar-refractivity contribution is -0.134. The van der Waals surface area contributed by atoms with Crippen LogP contribution in [0.25, 0.3) is 0 Å². The molecule has 3 rings (SSSR count). The Kier molecular flexibility index (Phi) is 5.39. The van der Waals surface area contributed by atoms with E-state index in [1.807, 2.05) is 32.0 Å². The summed E-state index contributed by atoms with van der Waals surface area (Å²) in [7, 11) is 0. The monoisotopic (exact) mass is 345 g/mol. The quantitative estimate of drug-likeness (QED) is 0.766. The van der Waals surface area contributed by atoms with Gasteiger partial charge in [0, 0.05) is 31.9 Å². The first-order valence-corrected chi connectivity index (χ1v) is 8.98. The van der Waals surface area contributed by atoms with Crippen LogP contribution in [-0.2, 0) is 14.3 Å². The third-order valence-electron chi connectivity index (χ3n) is 5.08. The Morgan fingerprint density at radius 3 is 2.56 bits per heavy atom. The van der Waals surface area contributed by atoms with E-state index in [9.17, 15) is 9.59 Å². The molecular weight excluding hydrogens is 318 g/mol. The van der Waals surface area contributed by atoms with E-state index >= 15 is 0 Å². The number of nitrogens with one attached hydrogen (secondary N) is 2. The minimum absolute atomic E-state index is 0.149. The Hall–Kier alpha value is -1.92. The predicted octanol–water partition coefficient (Wildman–Crippen LogP) is 1.47. The van der Waals surface area contributed by atoms with E-state index in [0.717, 1.165) is 49.7 Å². The van der Waals surface area contributed by atoms with Crippen LogP contribution in [-0.4, -0.2) is 56.1 Å². The van der Waals surface area contributed by atoms with E-state index in [1.165, 1.54) is 0 Å². The number of amides is 2. The molecule has 25 heavy (non-hydrogen) atoms. The molecule has 1 aromatic carbocycles. The van der Waals surface area contributed by atoms with Crippen LogP contribution in [0.2, 0.25) is 0 Å². The maximum absolute atomic E-state index is 12.7. The van der Waals surface area contributed by atoms with Gasteiger partial charge in [0.1, 0.15) is 5.41 Å². The third kappa shape index (κ3) is 4.19. The number of morpholine rings is 1. The van der Waals surface area contributed by atoms with Crippen LogP contribution in [0.3, 0.4) is 0 Å². The van der Waals surface area contributed by atoms with Crippen LogP contribution in [0.4, 0.5) is 5.69 Å². The van der Waals surface area contributed by atoms with Crippen molar-refractivity contribution in [1.29, 1.82) is 0 Å². The molecule has 1 aliphatic carbocycles. The number of benzene rings is 1. The average Bonchev–Trinajstić information content (AvgIpc) is 3.41. The Morgan fingerprint density at radius 2 is 1.88 bits per heavy atom. The molecule has 0 spiro atoms. The van der Waals surface area contributed by atoms with Gasteiger partial charge in [-0.25, -0.2) is 0 Å². The van der Waals surface area contributed by atoms with Crippen molar-refractivity contribution in [3.05, 3.63) is 29.3 Å². The molecule has 1 aromatic rings. The first-order valence-electron chi connectivity index (χ1n) is 8.98. The molecule has 2 amide bonds. The molecule has 0 aromatic heterocycles. The highest BCUT2D eigenvalue weighted by molar-refractivity contribution is 6.13. The summed E-state index contributed by atoms with van der Waals surface area (Å²) < 4.78 is 5.32. The van der Waals surface area contributed by atoms with Crippen LogP contribution in [0.5, 0.6) is 0 Å². The Bertz CT molecular complexity index is 649. The number of anilines is 1. The summed E-state index contributed by atoms with van der Waals surface area (Å²) in [5, 5.41) is 5.89. The van der Waals surface area contributed by atoms with E-state index in [4.69, 9.17) is 4.74 Å². The summed E-state index contributed by atoms with van der Waals surface area (Å²) in [6, 6.07) is 5.93. The fraction of sp³-hybridized carbons (Fsp3) is 0.579. The van der Waals surface area contributed by atoms with Crippen LogP contribution in [0.1, 0.15) is 24.0 Å². The first-order chi connectivity index (χ1) is 12.0. The molecule has 1 aliphatic heterocycles. The van der Waals surface area contributed by atoms with E-state index in [-0.39, 0.29) is 11.8 Å². The maximum Gasteiger partial charge on any atom is 0.240 e. The van der Waals surface area contributed by atoms with Crippen molar-refractivity contribution in [2.45, 2.75) is 26.7 Å². The van der Waals surface area contributed by atoms with Crippen LogP contribution in [0, 0.1) is 19.3 Å². The number of rotatable bonds is 6. The second-order valence-electron chi connectivity index (χ2n) is 7.06. The van der Waals surface area contributed by atoms with Gasteiger partial charge in [0.2, 0.25) is 11.8 Å². The van der Waals surface area contributed by atoms with Gasteiger partial charge in [0.05, 0.1) is 13.2 Å². The van der Waals surface area contributed by atoms with Gasteiger partial charge in [-0.15, -0.1) is 0 Å². The van der Waals surface area contributed by atoms with Crippen molar-refractivity contribution in [3.63, 3.8) is 0 Å². The van der Waals surface area contributed by atoms with Crippen molar-refractivity contribution in [2.24, 2.45) is 5.41 Å². The molecule has 2 aliphatic rings. The molecule has 0 radical (unpaired) electrons. The molecular formula is C19H27N3O3. The number of ether oxygens (including phenoxy) is 1. The number of carbonyl (C=O) groups is 2. The standard InChI is InChI=1S/C19H27N3O3/c1-14-3-4-15(2)16(13-14)21-18(24)19(5-6-19)17(23)20-7-8-22-9-11-25-12-10-22/h3-4,13H,5-12H2,1-2H3,(H,20,23)(H,21,24). The lowest BCUT2D eigenvalue weighted by Crippen LogP contribution is -2.45. The van der Waals surface area contributed by atoms with Gasteiger partial charge in [0.25, 0.3) is 0 Å². The zero-order valence-electron chi connectivity index (χ0n) is 15.1. The number of hydrogen-bond acceptors (Lipinski definition) is 4. The van der Waals surface area contributed by atoms with Crippen LogP contribution >= 0.6 is 0 Å². The van der Waals surface area contributed by atoms with Gasteiger partial charge >= 0.3 is 0 Å². The molecule has 6 heteroatoms. The molecule has 136 valence electrons. The summed E-state index contributed by atoms with van der Waals surface area (Å²) in [5.41, 5.74) is 1.99. The normalized spacial score (nSPS) is 19.3. The Balaban J connectivity index is 1.52. The molecule has 0 bridgehead atoms. The molecule has 0 atom stereocenters. The summed E-state index contributed by atoms with van der Waals surface area (Å²) >= 11 is 0. The van der Waals surface area contributed by atoms with Gasteiger partial charge in [0.15, 0.2) is 0 Å². The highest BCUT2D eigenvalue weighted by atomic mass is 16.5. The lowest BCUT2D eigenvalue weighted by atomic mass is 10.0. The van der Waals surface area contributed by atoms with Crippen molar-refractivity contribution in [1.82, 2.24) is 10.2 Å². The minimum Gasteiger partial charge on any atom is -0.379 e.